The summed E-state index contributed by atoms with van der Waals surface area (Å²) in [5.74, 6) is -1.15. The Kier molecular flexibility index (Phi) is 5.37. The summed E-state index contributed by atoms with van der Waals surface area (Å²) in [7, 11) is 1.31. The molecule has 0 aliphatic carbocycles. The molecule has 0 radical (unpaired) electrons. The number of esters is 1. The molecule has 0 unspecified atom stereocenters. The second-order valence-electron chi connectivity index (χ2n) is 5.94. The molecule has 134 valence electrons. The van der Waals surface area contributed by atoms with Crippen LogP contribution in [0.5, 0.6) is 0 Å². The predicted octanol–water partition coefficient (Wildman–Crippen LogP) is 3.23. The predicted molar refractivity (Wildman–Crippen MR) is 101 cm³/mol. The molecule has 2 aromatic carbocycles. The third kappa shape index (κ3) is 3.94. The summed E-state index contributed by atoms with van der Waals surface area (Å²) >= 11 is 3.36. The van der Waals surface area contributed by atoms with Crippen molar-refractivity contribution in [3.63, 3.8) is 0 Å². The van der Waals surface area contributed by atoms with Crippen LogP contribution in [0.15, 0.2) is 53.0 Å². The van der Waals surface area contributed by atoms with Crippen molar-refractivity contribution in [2.45, 2.75) is 6.42 Å². The van der Waals surface area contributed by atoms with Gasteiger partial charge in [-0.15, -0.1) is 0 Å². The largest absolute Gasteiger partial charge is 0.465 e. The maximum atomic E-state index is 12.5. The van der Waals surface area contributed by atoms with Gasteiger partial charge in [0.05, 0.1) is 18.6 Å². The van der Waals surface area contributed by atoms with E-state index in [0.29, 0.717) is 17.8 Å². The highest BCUT2D eigenvalue weighted by Gasteiger charge is 2.35. The first-order chi connectivity index (χ1) is 12.5. The molecule has 1 N–H and O–H groups in total. The van der Waals surface area contributed by atoms with Gasteiger partial charge in [0.25, 0.3) is 0 Å². The van der Waals surface area contributed by atoms with E-state index in [2.05, 4.69) is 26.0 Å². The minimum atomic E-state index is -0.436. The first kappa shape index (κ1) is 18.1. The minimum Gasteiger partial charge on any atom is -0.465 e. The van der Waals surface area contributed by atoms with Crippen LogP contribution < -0.4 is 10.2 Å². The minimum absolute atomic E-state index is 0.0755. The molecule has 2 amide bonds. The van der Waals surface area contributed by atoms with Crippen LogP contribution in [0.4, 0.5) is 11.4 Å². The van der Waals surface area contributed by atoms with Crippen molar-refractivity contribution in [2.75, 3.05) is 23.9 Å². The molecule has 6 nitrogen and oxygen atoms in total. The van der Waals surface area contributed by atoms with Gasteiger partial charge in [-0.3, -0.25) is 9.59 Å². The number of ether oxygens (including phenoxy) is 1. The number of carbonyl (C=O) groups excluding carboxylic acids is 3. The fraction of sp³-hybridized carbons (Fsp3) is 0.211. The Morgan fingerprint density at radius 2 is 1.77 bits per heavy atom. The molecule has 1 aliphatic heterocycles. The fourth-order valence-corrected chi connectivity index (χ4v) is 3.07. The Bertz CT molecular complexity index is 834. The van der Waals surface area contributed by atoms with E-state index in [4.69, 9.17) is 0 Å². The van der Waals surface area contributed by atoms with Gasteiger partial charge in [-0.25, -0.2) is 4.79 Å². The number of hydrogen-bond acceptors (Lipinski definition) is 4. The van der Waals surface area contributed by atoms with Gasteiger partial charge in [0.1, 0.15) is 0 Å². The average Bonchev–Trinajstić information content (AvgIpc) is 3.04. The van der Waals surface area contributed by atoms with Crippen molar-refractivity contribution in [3.05, 3.63) is 58.6 Å². The second kappa shape index (κ2) is 7.70. The lowest BCUT2D eigenvalue weighted by Crippen LogP contribution is -2.28. The van der Waals surface area contributed by atoms with Crippen LogP contribution in [0.25, 0.3) is 0 Å². The quantitative estimate of drug-likeness (QED) is 0.776. The van der Waals surface area contributed by atoms with Crippen LogP contribution in [-0.2, 0) is 14.3 Å². The zero-order valence-electron chi connectivity index (χ0n) is 14.1. The number of rotatable bonds is 4. The van der Waals surface area contributed by atoms with Gasteiger partial charge in [0, 0.05) is 28.8 Å². The number of amides is 2. The topological polar surface area (TPSA) is 75.7 Å². The summed E-state index contributed by atoms with van der Waals surface area (Å²) in [6.07, 6.45) is 0.169. The van der Waals surface area contributed by atoms with E-state index in [9.17, 15) is 14.4 Å². The lowest BCUT2D eigenvalue weighted by molar-refractivity contribution is -0.122. The smallest absolute Gasteiger partial charge is 0.337 e. The number of nitrogens with one attached hydrogen (secondary N) is 1. The highest BCUT2D eigenvalue weighted by molar-refractivity contribution is 9.10. The molecule has 1 saturated heterocycles. The molecule has 3 rings (SSSR count). The summed E-state index contributed by atoms with van der Waals surface area (Å²) < 4.78 is 5.57. The highest BCUT2D eigenvalue weighted by Crippen LogP contribution is 2.27. The molecule has 1 fully saturated rings. The lowest BCUT2D eigenvalue weighted by Gasteiger charge is -2.16. The van der Waals surface area contributed by atoms with Crippen LogP contribution in [-0.4, -0.2) is 31.4 Å². The number of carbonyl (C=O) groups is 3. The molecule has 0 aromatic heterocycles. The van der Waals surface area contributed by atoms with Gasteiger partial charge in [0.15, 0.2) is 0 Å². The van der Waals surface area contributed by atoms with E-state index in [1.807, 2.05) is 24.3 Å². The molecule has 0 bridgehead atoms. The molecule has 26 heavy (non-hydrogen) atoms. The summed E-state index contributed by atoms with van der Waals surface area (Å²) in [6.45, 7) is 0.340. The van der Waals surface area contributed by atoms with Crippen molar-refractivity contribution in [3.8, 4) is 0 Å². The monoisotopic (exact) mass is 416 g/mol. The van der Waals surface area contributed by atoms with Crippen LogP contribution >= 0.6 is 15.9 Å². The van der Waals surface area contributed by atoms with Crippen LogP contribution in [0.3, 0.4) is 0 Å². The number of halogens is 1. The maximum Gasteiger partial charge on any atom is 0.337 e. The molecule has 7 heteroatoms. The molecular formula is C19H17BrN2O4. The number of methoxy groups -OCH3 is 1. The van der Waals surface area contributed by atoms with Gasteiger partial charge < -0.3 is 15.0 Å². The van der Waals surface area contributed by atoms with E-state index >= 15 is 0 Å². The molecule has 1 heterocycles. The Morgan fingerprint density at radius 3 is 2.38 bits per heavy atom. The van der Waals surface area contributed by atoms with Gasteiger partial charge in [-0.2, -0.15) is 0 Å². The van der Waals surface area contributed by atoms with Gasteiger partial charge in [0.2, 0.25) is 11.8 Å². The molecule has 1 atom stereocenters. The summed E-state index contributed by atoms with van der Waals surface area (Å²) in [4.78, 5) is 37.8. The van der Waals surface area contributed by atoms with Gasteiger partial charge in [-0.1, -0.05) is 15.9 Å². The van der Waals surface area contributed by atoms with E-state index < -0.39 is 11.9 Å². The molecule has 0 saturated carbocycles. The van der Waals surface area contributed by atoms with Crippen LogP contribution in [0.2, 0.25) is 0 Å². The summed E-state index contributed by atoms with van der Waals surface area (Å²) in [5.41, 5.74) is 1.75. The zero-order valence-corrected chi connectivity index (χ0v) is 15.7. The van der Waals surface area contributed by atoms with Crippen molar-refractivity contribution in [1.29, 1.82) is 0 Å². The van der Waals surface area contributed by atoms with E-state index in [1.54, 1.807) is 29.2 Å². The van der Waals surface area contributed by atoms with E-state index in [-0.39, 0.29) is 18.2 Å². The normalized spacial score (nSPS) is 16.5. The van der Waals surface area contributed by atoms with Crippen molar-refractivity contribution in [2.24, 2.45) is 5.92 Å². The number of anilines is 2. The van der Waals surface area contributed by atoms with Crippen molar-refractivity contribution >= 4 is 45.1 Å². The van der Waals surface area contributed by atoms with Crippen molar-refractivity contribution < 1.29 is 19.1 Å². The Balaban J connectivity index is 1.64. The zero-order chi connectivity index (χ0) is 18.7. The van der Waals surface area contributed by atoms with Gasteiger partial charge in [-0.05, 0) is 48.5 Å². The van der Waals surface area contributed by atoms with E-state index in [1.165, 1.54) is 7.11 Å². The third-order valence-corrected chi connectivity index (χ3v) is 4.74. The Morgan fingerprint density at radius 1 is 1.12 bits per heavy atom. The standard InChI is InChI=1S/C19H17BrN2O4/c1-26-19(25)12-2-6-15(7-3-12)21-18(24)13-10-17(23)22(11-13)16-8-4-14(20)5-9-16/h2-9,13H,10-11H2,1H3,(H,21,24)/t13-/m0/s1. The van der Waals surface area contributed by atoms with Gasteiger partial charge >= 0.3 is 5.97 Å². The fourth-order valence-electron chi connectivity index (χ4n) is 2.81. The number of nitrogens with zero attached hydrogens (tertiary/aromatic N) is 1. The third-order valence-electron chi connectivity index (χ3n) is 4.21. The van der Waals surface area contributed by atoms with Crippen molar-refractivity contribution in [1.82, 2.24) is 0 Å². The first-order valence-corrected chi connectivity index (χ1v) is 8.82. The Hall–Kier alpha value is -2.67. The first-order valence-electron chi connectivity index (χ1n) is 8.03. The molecule has 2 aromatic rings. The molecular weight excluding hydrogens is 400 g/mol. The summed E-state index contributed by atoms with van der Waals surface area (Å²) in [6, 6.07) is 13.8. The van der Waals surface area contributed by atoms with E-state index in [0.717, 1.165) is 10.2 Å². The molecule has 1 aliphatic rings. The highest BCUT2D eigenvalue weighted by atomic mass is 79.9. The Labute approximate surface area is 159 Å². The average molecular weight is 417 g/mol. The second-order valence-corrected chi connectivity index (χ2v) is 6.86. The molecule has 0 spiro atoms. The van der Waals surface area contributed by atoms with Crippen LogP contribution in [0.1, 0.15) is 16.8 Å². The summed E-state index contributed by atoms with van der Waals surface area (Å²) in [5, 5.41) is 2.79. The number of benzene rings is 2. The van der Waals surface area contributed by atoms with Crippen LogP contribution in [0, 0.1) is 5.92 Å². The SMILES string of the molecule is COC(=O)c1ccc(NC(=O)[C@H]2CC(=O)N(c3ccc(Br)cc3)C2)cc1. The number of hydrogen-bond donors (Lipinski definition) is 1. The lowest BCUT2D eigenvalue weighted by atomic mass is 10.1. The maximum absolute atomic E-state index is 12.5.